The lowest BCUT2D eigenvalue weighted by atomic mass is 9.99. The summed E-state index contributed by atoms with van der Waals surface area (Å²) in [6.07, 6.45) is 3.25. The van der Waals surface area contributed by atoms with Gasteiger partial charge in [0.15, 0.2) is 5.66 Å². The van der Waals surface area contributed by atoms with E-state index < -0.39 is 5.66 Å². The predicted octanol–water partition coefficient (Wildman–Crippen LogP) is 3.28. The summed E-state index contributed by atoms with van der Waals surface area (Å²) in [7, 11) is 0. The molecular formula is C17H14N2O2. The van der Waals surface area contributed by atoms with Crippen molar-refractivity contribution in [3.05, 3.63) is 60.2 Å². The van der Waals surface area contributed by atoms with E-state index in [-0.39, 0.29) is 0 Å². The molecule has 0 saturated heterocycles. The SMILES string of the molecule is CC(Cc1ccc(-c2ccccc2)cc1)(N=C=O)N=C=O. The van der Waals surface area contributed by atoms with Gasteiger partial charge in [-0.1, -0.05) is 54.6 Å². The van der Waals surface area contributed by atoms with Crippen molar-refractivity contribution < 1.29 is 9.59 Å². The molecule has 0 aliphatic rings. The number of hydrogen-bond acceptors (Lipinski definition) is 4. The number of isocyanates is 2. The van der Waals surface area contributed by atoms with Gasteiger partial charge in [-0.25, -0.2) is 9.59 Å². The van der Waals surface area contributed by atoms with Gasteiger partial charge in [0.2, 0.25) is 12.2 Å². The van der Waals surface area contributed by atoms with Crippen LogP contribution in [0.2, 0.25) is 0 Å². The minimum atomic E-state index is -1.14. The molecule has 0 N–H and O–H groups in total. The highest BCUT2D eigenvalue weighted by molar-refractivity contribution is 5.63. The molecule has 0 spiro atoms. The number of aliphatic imine (C=N–C) groups is 2. The Hall–Kier alpha value is -2.80. The molecule has 0 aliphatic heterocycles. The van der Waals surface area contributed by atoms with Crippen LogP contribution in [0.5, 0.6) is 0 Å². The van der Waals surface area contributed by atoms with Crippen LogP contribution in [0.4, 0.5) is 0 Å². The molecule has 0 unspecified atom stereocenters. The maximum atomic E-state index is 10.4. The topological polar surface area (TPSA) is 58.9 Å². The predicted molar refractivity (Wildman–Crippen MR) is 80.2 cm³/mol. The normalized spacial score (nSPS) is 12.6. The molecule has 2 aromatic carbocycles. The van der Waals surface area contributed by atoms with E-state index in [2.05, 4.69) is 9.98 Å². The van der Waals surface area contributed by atoms with E-state index >= 15 is 0 Å². The van der Waals surface area contributed by atoms with Crippen molar-refractivity contribution in [1.29, 1.82) is 0 Å². The number of carbonyl (C=O) groups excluding carboxylic acids is 2. The third kappa shape index (κ3) is 3.83. The molecule has 104 valence electrons. The average Bonchev–Trinajstić information content (AvgIpc) is 2.49. The number of rotatable bonds is 5. The Balaban J connectivity index is 2.23. The third-order valence-corrected chi connectivity index (χ3v) is 3.17. The van der Waals surface area contributed by atoms with E-state index in [0.29, 0.717) is 6.42 Å². The molecule has 0 amide bonds. The number of hydrogen-bond donors (Lipinski definition) is 0. The fraction of sp³-hybridized carbons (Fsp3) is 0.176. The Morgan fingerprint density at radius 3 is 1.90 bits per heavy atom. The van der Waals surface area contributed by atoms with Gasteiger partial charge >= 0.3 is 0 Å². The lowest BCUT2D eigenvalue weighted by molar-refractivity contribution is 0.472. The first-order valence-electron chi connectivity index (χ1n) is 6.49. The highest BCUT2D eigenvalue weighted by atomic mass is 16.1. The summed E-state index contributed by atoms with van der Waals surface area (Å²) in [5, 5.41) is 0. The molecule has 0 heterocycles. The number of benzene rings is 2. The van der Waals surface area contributed by atoms with Gasteiger partial charge in [0.25, 0.3) is 0 Å². The van der Waals surface area contributed by atoms with Crippen LogP contribution in [0.15, 0.2) is 64.6 Å². The van der Waals surface area contributed by atoms with E-state index in [9.17, 15) is 9.59 Å². The second kappa shape index (κ2) is 6.58. The van der Waals surface area contributed by atoms with Gasteiger partial charge in [-0.3, -0.25) is 0 Å². The summed E-state index contributed by atoms with van der Waals surface area (Å²) in [5.74, 6) is 0. The van der Waals surface area contributed by atoms with Crippen LogP contribution >= 0.6 is 0 Å². The summed E-state index contributed by atoms with van der Waals surface area (Å²) in [4.78, 5) is 28.1. The molecule has 0 atom stereocenters. The second-order valence-corrected chi connectivity index (χ2v) is 4.86. The zero-order chi connectivity index (χ0) is 15.1. The first-order chi connectivity index (χ1) is 10.2. The molecule has 0 aliphatic carbocycles. The fourth-order valence-electron chi connectivity index (χ4n) is 2.13. The largest absolute Gasteiger partial charge is 0.237 e. The molecule has 0 aromatic heterocycles. The van der Waals surface area contributed by atoms with Crippen molar-refractivity contribution in [2.45, 2.75) is 19.0 Å². The minimum absolute atomic E-state index is 0.340. The Morgan fingerprint density at radius 1 is 0.857 bits per heavy atom. The van der Waals surface area contributed by atoms with Crippen LogP contribution in [0.3, 0.4) is 0 Å². The van der Waals surface area contributed by atoms with E-state index in [4.69, 9.17) is 0 Å². The minimum Gasteiger partial charge on any atom is -0.211 e. The summed E-state index contributed by atoms with van der Waals surface area (Å²) in [6, 6.07) is 17.8. The molecule has 0 fully saturated rings. The van der Waals surface area contributed by atoms with Gasteiger partial charge in [0.05, 0.1) is 0 Å². The van der Waals surface area contributed by atoms with Crippen molar-refractivity contribution in [2.24, 2.45) is 9.98 Å². The molecule has 0 saturated carbocycles. The van der Waals surface area contributed by atoms with Gasteiger partial charge in [0, 0.05) is 6.42 Å². The molecule has 0 radical (unpaired) electrons. The monoisotopic (exact) mass is 278 g/mol. The summed E-state index contributed by atoms with van der Waals surface area (Å²) in [6.45, 7) is 1.59. The standard InChI is InChI=1S/C17H14N2O2/c1-17(18-12-20,19-13-21)11-14-7-9-16(10-8-14)15-5-3-2-4-6-15/h2-10H,11H2,1H3. The van der Waals surface area contributed by atoms with E-state index in [1.807, 2.05) is 54.6 Å². The van der Waals surface area contributed by atoms with Crippen molar-refractivity contribution in [3.63, 3.8) is 0 Å². The van der Waals surface area contributed by atoms with Crippen molar-refractivity contribution in [3.8, 4) is 11.1 Å². The smallest absolute Gasteiger partial charge is 0.211 e. The van der Waals surface area contributed by atoms with Crippen LogP contribution in [-0.2, 0) is 16.0 Å². The van der Waals surface area contributed by atoms with E-state index in [0.717, 1.165) is 16.7 Å². The highest BCUT2D eigenvalue weighted by Crippen LogP contribution is 2.23. The molecule has 4 nitrogen and oxygen atoms in total. The van der Waals surface area contributed by atoms with Gasteiger partial charge in [-0.2, -0.15) is 9.98 Å². The average molecular weight is 278 g/mol. The first kappa shape index (κ1) is 14.6. The van der Waals surface area contributed by atoms with E-state index in [1.54, 1.807) is 6.92 Å². The van der Waals surface area contributed by atoms with Crippen molar-refractivity contribution >= 4 is 12.2 Å². The first-order valence-corrected chi connectivity index (χ1v) is 6.49. The Kier molecular flexibility index (Phi) is 4.57. The Labute approximate surface area is 122 Å². The zero-order valence-corrected chi connectivity index (χ0v) is 11.6. The van der Waals surface area contributed by atoms with Gasteiger partial charge in [-0.05, 0) is 23.6 Å². The quantitative estimate of drug-likeness (QED) is 0.622. The van der Waals surface area contributed by atoms with Gasteiger partial charge in [0.1, 0.15) is 0 Å². The highest BCUT2D eigenvalue weighted by Gasteiger charge is 2.22. The lowest BCUT2D eigenvalue weighted by Gasteiger charge is -2.16. The van der Waals surface area contributed by atoms with Crippen LogP contribution in [0.1, 0.15) is 12.5 Å². The summed E-state index contributed by atoms with van der Waals surface area (Å²) >= 11 is 0. The number of nitrogens with zero attached hydrogens (tertiary/aromatic N) is 2. The maximum Gasteiger partial charge on any atom is 0.237 e. The fourth-order valence-corrected chi connectivity index (χ4v) is 2.13. The molecule has 4 heteroatoms. The third-order valence-electron chi connectivity index (χ3n) is 3.17. The molecule has 21 heavy (non-hydrogen) atoms. The van der Waals surface area contributed by atoms with E-state index in [1.165, 1.54) is 12.2 Å². The summed E-state index contributed by atoms with van der Waals surface area (Å²) in [5.41, 5.74) is 2.01. The molecule has 2 aromatic rings. The van der Waals surface area contributed by atoms with Gasteiger partial charge < -0.3 is 0 Å². The van der Waals surface area contributed by atoms with Crippen molar-refractivity contribution in [1.82, 2.24) is 0 Å². The summed E-state index contributed by atoms with van der Waals surface area (Å²) < 4.78 is 0. The van der Waals surface area contributed by atoms with Crippen LogP contribution < -0.4 is 0 Å². The Bertz CT molecular complexity index is 677. The van der Waals surface area contributed by atoms with Crippen molar-refractivity contribution in [2.75, 3.05) is 0 Å². The Morgan fingerprint density at radius 2 is 1.38 bits per heavy atom. The van der Waals surface area contributed by atoms with Crippen LogP contribution in [-0.4, -0.2) is 17.8 Å². The lowest BCUT2D eigenvalue weighted by Crippen LogP contribution is -2.21. The van der Waals surface area contributed by atoms with Crippen LogP contribution in [0, 0.1) is 0 Å². The molecule has 0 bridgehead atoms. The molecular weight excluding hydrogens is 264 g/mol. The molecule has 2 rings (SSSR count). The van der Waals surface area contributed by atoms with Crippen LogP contribution in [0.25, 0.3) is 11.1 Å². The second-order valence-electron chi connectivity index (χ2n) is 4.86. The van der Waals surface area contributed by atoms with Gasteiger partial charge in [-0.15, -0.1) is 0 Å². The maximum absolute atomic E-state index is 10.4. The zero-order valence-electron chi connectivity index (χ0n) is 11.6.